The van der Waals surface area contributed by atoms with E-state index in [2.05, 4.69) is 20.7 Å². The van der Waals surface area contributed by atoms with Crippen LogP contribution in [0.2, 0.25) is 10.0 Å². The molecule has 0 atom stereocenters. The fraction of sp³-hybridized carbons (Fsp3) is 0.200. The van der Waals surface area contributed by atoms with E-state index in [9.17, 15) is 9.50 Å². The van der Waals surface area contributed by atoms with Gasteiger partial charge in [-0.25, -0.2) is 4.39 Å². The van der Waals surface area contributed by atoms with Crippen LogP contribution in [0.3, 0.4) is 0 Å². The number of anilines is 1. The molecule has 2 rings (SSSR count). The lowest BCUT2D eigenvalue weighted by molar-refractivity contribution is 0.0785. The molecule has 0 radical (unpaired) electrons. The number of benzene rings is 2. The lowest BCUT2D eigenvalue weighted by Crippen LogP contribution is -2.16. The number of aliphatic hydroxyl groups is 1. The van der Waals surface area contributed by atoms with Gasteiger partial charge in [0.1, 0.15) is 0 Å². The van der Waals surface area contributed by atoms with Crippen molar-refractivity contribution in [1.82, 2.24) is 0 Å². The average Bonchev–Trinajstić information content (AvgIpc) is 2.42. The van der Waals surface area contributed by atoms with Crippen molar-refractivity contribution in [3.63, 3.8) is 0 Å². The highest BCUT2D eigenvalue weighted by atomic mass is 79.9. The summed E-state index contributed by atoms with van der Waals surface area (Å²) in [5.74, 6) is -0.393. The Hall–Kier alpha value is -0.460. The monoisotopic (exact) mass is 423 g/mol. The summed E-state index contributed by atoms with van der Waals surface area (Å²) in [4.78, 5) is 0.602. The van der Waals surface area contributed by atoms with E-state index >= 15 is 0 Å². The zero-order chi connectivity index (χ0) is 16.5. The highest BCUT2D eigenvalue weighted by Crippen LogP contribution is 2.38. The highest BCUT2D eigenvalue weighted by Gasteiger charge is 2.22. The Bertz CT molecular complexity index is 707. The predicted octanol–water partition coefficient (Wildman–Crippen LogP) is 6.24. The van der Waals surface area contributed by atoms with E-state index in [1.54, 1.807) is 44.2 Å². The van der Waals surface area contributed by atoms with E-state index in [1.165, 1.54) is 0 Å². The third kappa shape index (κ3) is 4.09. The third-order valence-electron chi connectivity index (χ3n) is 2.89. The van der Waals surface area contributed by atoms with Gasteiger partial charge in [0.15, 0.2) is 5.82 Å². The first-order valence-corrected chi connectivity index (χ1v) is 8.65. The molecule has 2 nitrogen and oxygen atoms in total. The molecule has 0 amide bonds. The lowest BCUT2D eigenvalue weighted by atomic mass is 9.98. The van der Waals surface area contributed by atoms with Crippen molar-refractivity contribution in [1.29, 1.82) is 0 Å². The van der Waals surface area contributed by atoms with Gasteiger partial charge in [-0.3, -0.25) is 0 Å². The van der Waals surface area contributed by atoms with Gasteiger partial charge >= 0.3 is 0 Å². The van der Waals surface area contributed by atoms with Crippen molar-refractivity contribution < 1.29 is 9.50 Å². The summed E-state index contributed by atoms with van der Waals surface area (Å²) in [5, 5.41) is 11.0. The fourth-order valence-electron chi connectivity index (χ4n) is 1.78. The molecule has 0 aliphatic carbocycles. The minimum absolute atomic E-state index is 0.320. The van der Waals surface area contributed by atoms with Crippen molar-refractivity contribution in [3.8, 4) is 0 Å². The van der Waals surface area contributed by atoms with Crippen LogP contribution in [0.15, 0.2) is 39.7 Å². The quantitative estimate of drug-likeness (QED) is 0.569. The second-order valence-electron chi connectivity index (χ2n) is 5.13. The summed E-state index contributed by atoms with van der Waals surface area (Å²) in [6.45, 7) is 3.25. The van der Waals surface area contributed by atoms with Crippen LogP contribution in [0.1, 0.15) is 19.4 Å². The van der Waals surface area contributed by atoms with Crippen LogP contribution in [-0.2, 0) is 5.60 Å². The topological polar surface area (TPSA) is 32.3 Å². The smallest absolute Gasteiger partial charge is 0.161 e. The largest absolute Gasteiger partial charge is 0.386 e. The average molecular weight is 425 g/mol. The molecular formula is C15H13BrCl2FNOS. The molecule has 0 spiro atoms. The number of nitrogens with one attached hydrogen (secondary N) is 1. The maximum Gasteiger partial charge on any atom is 0.161 e. The van der Waals surface area contributed by atoms with Crippen LogP contribution in [-0.4, -0.2) is 5.11 Å². The van der Waals surface area contributed by atoms with E-state index in [0.29, 0.717) is 30.7 Å². The molecule has 0 bridgehead atoms. The SMILES string of the molecule is CC(C)(O)c1cc(Cl)cc(SNc2cccc(Br)c2F)c1Cl. The lowest BCUT2D eigenvalue weighted by Gasteiger charge is -2.21. The molecule has 0 aliphatic rings. The molecule has 2 N–H and O–H groups in total. The molecule has 0 aliphatic heterocycles. The van der Waals surface area contributed by atoms with Crippen LogP contribution < -0.4 is 4.72 Å². The summed E-state index contributed by atoms with van der Waals surface area (Å²) in [5.41, 5.74) is -0.292. The van der Waals surface area contributed by atoms with Crippen LogP contribution in [0, 0.1) is 5.82 Å². The Kier molecular flexibility index (Phi) is 5.67. The summed E-state index contributed by atoms with van der Waals surface area (Å²) in [6, 6.07) is 8.23. The van der Waals surface area contributed by atoms with Gasteiger partial charge in [0, 0.05) is 15.5 Å². The molecule has 118 valence electrons. The van der Waals surface area contributed by atoms with Crippen molar-refractivity contribution >= 4 is 56.8 Å². The second kappa shape index (κ2) is 6.97. The Labute approximate surface area is 151 Å². The van der Waals surface area contributed by atoms with Crippen LogP contribution in [0.5, 0.6) is 0 Å². The Morgan fingerprint density at radius 3 is 2.59 bits per heavy atom. The molecule has 0 fully saturated rings. The van der Waals surface area contributed by atoms with Gasteiger partial charge in [0.05, 0.1) is 20.8 Å². The molecule has 2 aromatic rings. The molecule has 0 saturated heterocycles. The molecular weight excluding hydrogens is 412 g/mol. The zero-order valence-corrected chi connectivity index (χ0v) is 15.7. The summed E-state index contributed by atoms with van der Waals surface area (Å²) >= 11 is 16.7. The third-order valence-corrected chi connectivity index (χ3v) is 5.10. The highest BCUT2D eigenvalue weighted by molar-refractivity contribution is 9.10. The summed E-state index contributed by atoms with van der Waals surface area (Å²) in [6.07, 6.45) is 0. The van der Waals surface area contributed by atoms with Gasteiger partial charge in [-0.2, -0.15) is 0 Å². The molecule has 0 heterocycles. The van der Waals surface area contributed by atoms with E-state index in [1.807, 2.05) is 0 Å². The predicted molar refractivity (Wildman–Crippen MR) is 95.3 cm³/mol. The van der Waals surface area contributed by atoms with Crippen molar-refractivity contribution in [2.75, 3.05) is 4.72 Å². The van der Waals surface area contributed by atoms with Crippen molar-refractivity contribution in [2.24, 2.45) is 0 Å². The Balaban J connectivity index is 2.31. The molecule has 7 heteroatoms. The standard InChI is InChI=1S/C15H13BrCl2FNOS/c1-15(2,21)9-6-8(17)7-12(13(9)18)22-20-11-5-3-4-10(16)14(11)19/h3-7,20-21H,1-2H3. The van der Waals surface area contributed by atoms with Gasteiger partial charge in [-0.15, -0.1) is 0 Å². The molecule has 0 aromatic heterocycles. The van der Waals surface area contributed by atoms with Gasteiger partial charge in [-0.1, -0.05) is 29.3 Å². The minimum atomic E-state index is -1.13. The Morgan fingerprint density at radius 1 is 1.27 bits per heavy atom. The maximum absolute atomic E-state index is 13.9. The van der Waals surface area contributed by atoms with Crippen molar-refractivity contribution in [2.45, 2.75) is 24.3 Å². The van der Waals surface area contributed by atoms with Gasteiger partial charge in [0.2, 0.25) is 0 Å². The van der Waals surface area contributed by atoms with E-state index in [-0.39, 0.29) is 0 Å². The molecule has 0 saturated carbocycles. The first-order valence-electron chi connectivity index (χ1n) is 6.29. The van der Waals surface area contributed by atoms with E-state index < -0.39 is 11.4 Å². The number of halogens is 4. The summed E-state index contributed by atoms with van der Waals surface area (Å²) < 4.78 is 17.2. The van der Waals surface area contributed by atoms with Crippen LogP contribution in [0.4, 0.5) is 10.1 Å². The van der Waals surface area contributed by atoms with Gasteiger partial charge in [-0.05, 0) is 66.0 Å². The van der Waals surface area contributed by atoms with Gasteiger partial charge < -0.3 is 9.83 Å². The fourth-order valence-corrected chi connectivity index (χ4v) is 3.64. The number of hydrogen-bond acceptors (Lipinski definition) is 3. The first kappa shape index (κ1) is 17.9. The molecule has 2 aromatic carbocycles. The Morgan fingerprint density at radius 2 is 1.95 bits per heavy atom. The van der Waals surface area contributed by atoms with Crippen LogP contribution >= 0.6 is 51.1 Å². The molecule has 0 unspecified atom stereocenters. The first-order chi connectivity index (χ1) is 10.2. The van der Waals surface area contributed by atoms with Crippen LogP contribution in [0.25, 0.3) is 0 Å². The second-order valence-corrected chi connectivity index (χ2v) is 7.65. The number of hydrogen-bond donors (Lipinski definition) is 2. The van der Waals surface area contributed by atoms with Crippen molar-refractivity contribution in [3.05, 3.63) is 56.2 Å². The number of rotatable bonds is 4. The zero-order valence-electron chi connectivity index (χ0n) is 11.8. The molecule has 22 heavy (non-hydrogen) atoms. The van der Waals surface area contributed by atoms with Gasteiger partial charge in [0.25, 0.3) is 0 Å². The normalized spacial score (nSPS) is 11.6. The minimum Gasteiger partial charge on any atom is -0.386 e. The van der Waals surface area contributed by atoms with E-state index in [4.69, 9.17) is 23.2 Å². The maximum atomic E-state index is 13.9. The summed E-state index contributed by atoms with van der Waals surface area (Å²) in [7, 11) is 0. The van der Waals surface area contributed by atoms with E-state index in [0.717, 1.165) is 11.9 Å².